The summed E-state index contributed by atoms with van der Waals surface area (Å²) in [5.41, 5.74) is 4.82. The summed E-state index contributed by atoms with van der Waals surface area (Å²) in [6, 6.07) is 17.3. The van der Waals surface area contributed by atoms with E-state index in [1.807, 2.05) is 6.07 Å². The van der Waals surface area contributed by atoms with Crippen LogP contribution in [0.4, 0.5) is 23.2 Å². The summed E-state index contributed by atoms with van der Waals surface area (Å²) in [6.07, 6.45) is -4.89. The standard InChI is InChI=1S/C35H36F4N6O5/c1-22-31(43-15-13-42(14-16-43)19-23-7-5-10-25(17-23)32(48)41-18-30(46)47)33(49)45(21-29(40)24-8-3-2-4-9-24)34(50)44(22)20-26-27(35(37,38)39)11-6-12-28(26)36/h2-12,17,29H,13-16,18-21,40H2,1H3,(H,41,48)(H,46,47)/t29-/m0/s1. The van der Waals surface area contributed by atoms with Crippen LogP contribution >= 0.6 is 0 Å². The number of benzene rings is 3. The number of nitrogens with zero attached hydrogens (tertiary/aromatic N) is 4. The van der Waals surface area contributed by atoms with Crippen LogP contribution in [0.5, 0.6) is 0 Å². The van der Waals surface area contributed by atoms with Crippen molar-refractivity contribution in [3.63, 3.8) is 0 Å². The summed E-state index contributed by atoms with van der Waals surface area (Å²) >= 11 is 0. The maximum absolute atomic E-state index is 15.0. The van der Waals surface area contributed by atoms with Gasteiger partial charge in [0.15, 0.2) is 0 Å². The highest BCUT2D eigenvalue weighted by atomic mass is 19.4. The predicted molar refractivity (Wildman–Crippen MR) is 177 cm³/mol. The van der Waals surface area contributed by atoms with Gasteiger partial charge in [0, 0.05) is 55.6 Å². The van der Waals surface area contributed by atoms with Crippen molar-refractivity contribution >= 4 is 17.6 Å². The lowest BCUT2D eigenvalue weighted by atomic mass is 10.1. The van der Waals surface area contributed by atoms with E-state index in [2.05, 4.69) is 10.2 Å². The van der Waals surface area contributed by atoms with Crippen molar-refractivity contribution in [1.29, 1.82) is 0 Å². The Balaban J connectivity index is 1.45. The smallest absolute Gasteiger partial charge is 0.416 e. The van der Waals surface area contributed by atoms with Crippen LogP contribution in [0.2, 0.25) is 0 Å². The summed E-state index contributed by atoms with van der Waals surface area (Å²) in [4.78, 5) is 54.9. The summed E-state index contributed by atoms with van der Waals surface area (Å²) < 4.78 is 58.7. The third kappa shape index (κ3) is 8.12. The van der Waals surface area contributed by atoms with Gasteiger partial charge < -0.3 is 21.1 Å². The number of alkyl halides is 3. The molecular weight excluding hydrogens is 660 g/mol. The van der Waals surface area contributed by atoms with Gasteiger partial charge >= 0.3 is 17.8 Å². The van der Waals surface area contributed by atoms with Crippen molar-refractivity contribution in [2.45, 2.75) is 38.8 Å². The Morgan fingerprint density at radius 1 is 0.920 bits per heavy atom. The molecule has 0 unspecified atom stereocenters. The molecule has 0 radical (unpaired) electrons. The molecule has 2 heterocycles. The van der Waals surface area contributed by atoms with E-state index in [1.54, 1.807) is 53.4 Å². The molecule has 1 aliphatic heterocycles. The summed E-state index contributed by atoms with van der Waals surface area (Å²) in [7, 11) is 0. The predicted octanol–water partition coefficient (Wildman–Crippen LogP) is 3.36. The minimum Gasteiger partial charge on any atom is -0.480 e. The molecule has 0 saturated carbocycles. The van der Waals surface area contributed by atoms with E-state index < -0.39 is 65.4 Å². The largest absolute Gasteiger partial charge is 0.480 e. The number of piperazine rings is 1. The van der Waals surface area contributed by atoms with E-state index in [0.29, 0.717) is 43.9 Å². The summed E-state index contributed by atoms with van der Waals surface area (Å²) in [5.74, 6) is -2.82. The normalized spacial score (nSPS) is 14.4. The van der Waals surface area contributed by atoms with E-state index in [9.17, 15) is 36.7 Å². The van der Waals surface area contributed by atoms with Gasteiger partial charge in [-0.1, -0.05) is 48.5 Å². The molecular formula is C35H36F4N6O5. The highest BCUT2D eigenvalue weighted by Gasteiger charge is 2.35. The first-order valence-electron chi connectivity index (χ1n) is 15.8. The second kappa shape index (κ2) is 15.1. The van der Waals surface area contributed by atoms with Gasteiger partial charge in [0.1, 0.15) is 18.0 Å². The van der Waals surface area contributed by atoms with Crippen molar-refractivity contribution in [3.05, 3.63) is 133 Å². The molecule has 1 aliphatic rings. The van der Waals surface area contributed by atoms with E-state index >= 15 is 0 Å². The third-order valence-corrected chi connectivity index (χ3v) is 8.69. The van der Waals surface area contributed by atoms with Crippen LogP contribution in [-0.2, 0) is 30.6 Å². The minimum absolute atomic E-state index is 0.0921. The third-order valence-electron chi connectivity index (χ3n) is 8.69. The summed E-state index contributed by atoms with van der Waals surface area (Å²) in [6.45, 7) is 1.87. The molecule has 11 nitrogen and oxygen atoms in total. The molecule has 4 aromatic rings. The van der Waals surface area contributed by atoms with Crippen molar-refractivity contribution < 1.29 is 32.3 Å². The Morgan fingerprint density at radius 3 is 2.26 bits per heavy atom. The average Bonchev–Trinajstić information content (AvgIpc) is 3.08. The Labute approximate surface area is 284 Å². The number of nitrogens with one attached hydrogen (secondary N) is 1. The fourth-order valence-electron chi connectivity index (χ4n) is 6.10. The van der Waals surface area contributed by atoms with Gasteiger partial charge in [-0.15, -0.1) is 0 Å². The van der Waals surface area contributed by atoms with Crippen molar-refractivity contribution in [2.24, 2.45) is 5.73 Å². The minimum atomic E-state index is -4.89. The quantitative estimate of drug-likeness (QED) is 0.203. The van der Waals surface area contributed by atoms with Crippen LogP contribution in [0.1, 0.15) is 44.3 Å². The van der Waals surface area contributed by atoms with Crippen molar-refractivity contribution in [1.82, 2.24) is 19.4 Å². The first-order valence-corrected chi connectivity index (χ1v) is 15.8. The number of hydrogen-bond donors (Lipinski definition) is 3. The molecule has 1 aromatic heterocycles. The van der Waals surface area contributed by atoms with Gasteiger partial charge in [0.05, 0.1) is 18.7 Å². The lowest BCUT2D eigenvalue weighted by Gasteiger charge is -2.37. The number of rotatable bonds is 11. The zero-order valence-electron chi connectivity index (χ0n) is 27.1. The molecule has 15 heteroatoms. The fraction of sp³-hybridized carbons (Fsp3) is 0.314. The molecule has 0 aliphatic carbocycles. The summed E-state index contributed by atoms with van der Waals surface area (Å²) in [5, 5.41) is 11.2. The SMILES string of the molecule is Cc1c(N2CCN(Cc3cccc(C(=O)NCC(=O)O)c3)CC2)c(=O)n(C[C@H](N)c2ccccc2)c(=O)n1Cc1c(F)cccc1C(F)(F)F. The van der Waals surface area contributed by atoms with Crippen LogP contribution in [0.15, 0.2) is 82.4 Å². The van der Waals surface area contributed by atoms with Gasteiger partial charge in [-0.2, -0.15) is 13.2 Å². The molecule has 1 saturated heterocycles. The fourth-order valence-corrected chi connectivity index (χ4v) is 6.10. The number of carboxylic acids is 1. The van der Waals surface area contributed by atoms with Crippen LogP contribution in [0, 0.1) is 12.7 Å². The lowest BCUT2D eigenvalue weighted by molar-refractivity contribution is -0.138. The number of carboxylic acid groups (broad SMARTS) is 1. The maximum atomic E-state index is 15.0. The Bertz CT molecular complexity index is 1990. The average molecular weight is 697 g/mol. The van der Waals surface area contributed by atoms with Crippen LogP contribution in [0.25, 0.3) is 0 Å². The number of carbonyl (C=O) groups excluding carboxylic acids is 1. The number of aliphatic carboxylic acids is 1. The second-order valence-electron chi connectivity index (χ2n) is 12.0. The molecule has 0 spiro atoms. The van der Waals surface area contributed by atoms with Crippen molar-refractivity contribution in [2.75, 3.05) is 37.6 Å². The van der Waals surface area contributed by atoms with Crippen LogP contribution in [-0.4, -0.2) is 63.7 Å². The van der Waals surface area contributed by atoms with Gasteiger partial charge in [0.2, 0.25) is 0 Å². The zero-order chi connectivity index (χ0) is 36.2. The molecule has 1 atom stereocenters. The van der Waals surface area contributed by atoms with E-state index in [4.69, 9.17) is 10.8 Å². The topological polar surface area (TPSA) is 143 Å². The molecule has 3 aromatic carbocycles. The molecule has 50 heavy (non-hydrogen) atoms. The van der Waals surface area contributed by atoms with Crippen LogP contribution < -0.4 is 27.2 Å². The number of halogens is 4. The van der Waals surface area contributed by atoms with Crippen molar-refractivity contribution in [3.8, 4) is 0 Å². The highest BCUT2D eigenvalue weighted by Crippen LogP contribution is 2.33. The molecule has 4 N–H and O–H groups in total. The van der Waals surface area contributed by atoms with E-state index in [0.717, 1.165) is 32.9 Å². The molecule has 1 amide bonds. The number of hydrogen-bond acceptors (Lipinski definition) is 7. The van der Waals surface area contributed by atoms with Gasteiger partial charge in [-0.25, -0.2) is 9.18 Å². The van der Waals surface area contributed by atoms with Gasteiger partial charge in [-0.3, -0.25) is 28.4 Å². The van der Waals surface area contributed by atoms with E-state index in [-0.39, 0.29) is 17.9 Å². The zero-order valence-corrected chi connectivity index (χ0v) is 27.1. The first-order chi connectivity index (χ1) is 23.7. The number of carbonyl (C=O) groups is 2. The first kappa shape index (κ1) is 36.0. The Morgan fingerprint density at radius 2 is 1.60 bits per heavy atom. The van der Waals surface area contributed by atoms with Gasteiger partial charge in [-0.05, 0) is 42.3 Å². The number of nitrogens with two attached hydrogens (primary N) is 1. The molecule has 264 valence electrons. The van der Waals surface area contributed by atoms with Gasteiger partial charge in [0.25, 0.3) is 11.5 Å². The number of anilines is 1. The number of amides is 1. The lowest BCUT2D eigenvalue weighted by Crippen LogP contribution is -2.51. The number of aromatic nitrogens is 2. The maximum Gasteiger partial charge on any atom is 0.416 e. The molecule has 0 bridgehead atoms. The monoisotopic (exact) mass is 696 g/mol. The molecule has 1 fully saturated rings. The van der Waals surface area contributed by atoms with Crippen LogP contribution in [0.3, 0.4) is 0 Å². The van der Waals surface area contributed by atoms with E-state index in [1.165, 1.54) is 6.92 Å². The second-order valence-corrected chi connectivity index (χ2v) is 12.0. The Hall–Kier alpha value is -5.28. The Kier molecular flexibility index (Phi) is 10.9. The molecule has 5 rings (SSSR count). The highest BCUT2D eigenvalue weighted by molar-refractivity contribution is 5.95.